The summed E-state index contributed by atoms with van der Waals surface area (Å²) >= 11 is 0. The van der Waals surface area contributed by atoms with Crippen LogP contribution in [0.1, 0.15) is 38.2 Å². The number of nitrogens with one attached hydrogen (secondary N) is 2. The third-order valence-corrected chi connectivity index (χ3v) is 7.00. The lowest BCUT2D eigenvalue weighted by Crippen LogP contribution is -2.47. The summed E-state index contributed by atoms with van der Waals surface area (Å²) in [7, 11) is 0. The van der Waals surface area contributed by atoms with E-state index in [9.17, 15) is 0 Å². The first kappa shape index (κ1) is 18.0. The first-order valence-electron chi connectivity index (χ1n) is 10.2. The second kappa shape index (κ2) is 6.80. The third-order valence-electron chi connectivity index (χ3n) is 7.00. The fourth-order valence-corrected chi connectivity index (χ4v) is 5.31. The van der Waals surface area contributed by atoms with Crippen molar-refractivity contribution < 1.29 is 4.39 Å². The minimum Gasteiger partial charge on any atom is -0.364 e. The summed E-state index contributed by atoms with van der Waals surface area (Å²) in [6.07, 6.45) is 9.86. The van der Waals surface area contributed by atoms with Crippen molar-refractivity contribution in [1.82, 2.24) is 19.9 Å². The van der Waals surface area contributed by atoms with Gasteiger partial charge in [0.1, 0.15) is 12.0 Å². The maximum absolute atomic E-state index is 15.2. The van der Waals surface area contributed by atoms with Crippen molar-refractivity contribution in [2.75, 3.05) is 5.32 Å². The van der Waals surface area contributed by atoms with E-state index in [2.05, 4.69) is 37.0 Å². The fraction of sp³-hybridized carbons (Fsp3) is 0.455. The van der Waals surface area contributed by atoms with Gasteiger partial charge in [-0.1, -0.05) is 6.92 Å². The van der Waals surface area contributed by atoms with E-state index in [0.717, 1.165) is 10.9 Å². The Hall–Kier alpha value is -3.01. The van der Waals surface area contributed by atoms with E-state index in [1.807, 2.05) is 0 Å². The van der Waals surface area contributed by atoms with Gasteiger partial charge in [0.25, 0.3) is 0 Å². The summed E-state index contributed by atoms with van der Waals surface area (Å²) < 4.78 is 15.2. The largest absolute Gasteiger partial charge is 0.364 e. The van der Waals surface area contributed by atoms with Gasteiger partial charge in [-0.05, 0) is 55.9 Å². The summed E-state index contributed by atoms with van der Waals surface area (Å²) in [6.45, 7) is 11.5. The Labute approximate surface area is 168 Å². The van der Waals surface area contributed by atoms with Crippen molar-refractivity contribution in [3.8, 4) is 11.3 Å². The Morgan fingerprint density at radius 2 is 2.00 bits per heavy atom. The van der Waals surface area contributed by atoms with Gasteiger partial charge in [-0.2, -0.15) is 0 Å². The molecule has 29 heavy (non-hydrogen) atoms. The molecule has 0 radical (unpaired) electrons. The summed E-state index contributed by atoms with van der Waals surface area (Å²) in [6, 6.07) is 0.224. The van der Waals surface area contributed by atoms with E-state index in [1.165, 1.54) is 32.0 Å². The van der Waals surface area contributed by atoms with Gasteiger partial charge in [-0.25, -0.2) is 24.2 Å². The molecule has 6 nitrogen and oxygen atoms in total. The van der Waals surface area contributed by atoms with Crippen LogP contribution in [0.2, 0.25) is 0 Å². The van der Waals surface area contributed by atoms with Gasteiger partial charge in [-0.15, -0.1) is 0 Å². The summed E-state index contributed by atoms with van der Waals surface area (Å²) in [5.41, 5.74) is 2.41. The van der Waals surface area contributed by atoms with Gasteiger partial charge < -0.3 is 10.3 Å². The number of rotatable bonds is 3. The molecule has 3 aliphatic rings. The predicted octanol–water partition coefficient (Wildman–Crippen LogP) is 5.25. The maximum atomic E-state index is 15.2. The van der Waals surface area contributed by atoms with Crippen molar-refractivity contribution in [3.05, 3.63) is 41.5 Å². The van der Waals surface area contributed by atoms with E-state index in [0.29, 0.717) is 34.7 Å². The summed E-state index contributed by atoms with van der Waals surface area (Å²) in [4.78, 5) is 19.6. The van der Waals surface area contributed by atoms with Crippen LogP contribution < -0.4 is 5.32 Å². The SMILES string of the molecule is [C-]#[N+]c1c(-c2c[nH]c3ncncc23)nc(N[C@@H]2C3CCC(CC3)[C@H]2C)c(F)c1C. The zero-order valence-electron chi connectivity index (χ0n) is 16.5. The fourth-order valence-electron chi connectivity index (χ4n) is 5.31. The maximum Gasteiger partial charge on any atom is 0.218 e. The van der Waals surface area contributed by atoms with Crippen LogP contribution in [0.4, 0.5) is 15.9 Å². The molecule has 6 rings (SSSR count). The molecule has 3 fully saturated rings. The Morgan fingerprint density at radius 1 is 1.24 bits per heavy atom. The zero-order chi connectivity index (χ0) is 20.1. The number of hydrogen-bond acceptors (Lipinski definition) is 4. The molecule has 3 heterocycles. The van der Waals surface area contributed by atoms with E-state index in [1.54, 1.807) is 19.3 Å². The number of nitrogens with zero attached hydrogens (tertiary/aromatic N) is 4. The van der Waals surface area contributed by atoms with Gasteiger partial charge in [0.15, 0.2) is 11.6 Å². The third kappa shape index (κ3) is 2.78. The summed E-state index contributed by atoms with van der Waals surface area (Å²) in [5, 5.41) is 4.21. The molecule has 2 atom stereocenters. The first-order valence-corrected chi connectivity index (χ1v) is 10.2. The molecule has 3 saturated carbocycles. The van der Waals surface area contributed by atoms with Gasteiger partial charge >= 0.3 is 0 Å². The average Bonchev–Trinajstić information content (AvgIpc) is 3.18. The number of aromatic nitrogens is 4. The second-order valence-corrected chi connectivity index (χ2v) is 8.40. The number of pyridine rings is 1. The highest BCUT2D eigenvalue weighted by atomic mass is 19.1. The van der Waals surface area contributed by atoms with Crippen LogP contribution in [0.3, 0.4) is 0 Å². The number of fused-ring (bicyclic) bond motifs is 4. The highest BCUT2D eigenvalue weighted by Gasteiger charge is 2.41. The minimum absolute atomic E-state index is 0.224. The van der Waals surface area contributed by atoms with Crippen LogP contribution in [-0.2, 0) is 0 Å². The lowest BCUT2D eigenvalue weighted by Gasteiger charge is -2.47. The van der Waals surface area contributed by atoms with Crippen LogP contribution in [0.15, 0.2) is 18.7 Å². The summed E-state index contributed by atoms with van der Waals surface area (Å²) in [5.74, 6) is 1.58. The van der Waals surface area contributed by atoms with Gasteiger partial charge in [-0.3, -0.25) is 0 Å². The molecule has 148 valence electrons. The van der Waals surface area contributed by atoms with Crippen molar-refractivity contribution in [2.24, 2.45) is 17.8 Å². The van der Waals surface area contributed by atoms with Crippen LogP contribution in [0.25, 0.3) is 27.1 Å². The van der Waals surface area contributed by atoms with Crippen molar-refractivity contribution in [1.29, 1.82) is 0 Å². The topological polar surface area (TPSA) is 70.8 Å². The second-order valence-electron chi connectivity index (χ2n) is 8.40. The van der Waals surface area contributed by atoms with E-state index in [4.69, 9.17) is 6.57 Å². The molecular formula is C22H23FN6. The molecule has 7 heteroatoms. The molecule has 0 spiro atoms. The monoisotopic (exact) mass is 390 g/mol. The van der Waals surface area contributed by atoms with Gasteiger partial charge in [0.2, 0.25) is 5.69 Å². The van der Waals surface area contributed by atoms with E-state index < -0.39 is 5.82 Å². The van der Waals surface area contributed by atoms with Crippen LogP contribution in [0, 0.1) is 37.1 Å². The molecule has 0 aromatic carbocycles. The average molecular weight is 390 g/mol. The molecule has 0 unspecified atom stereocenters. The van der Waals surface area contributed by atoms with E-state index in [-0.39, 0.29) is 17.5 Å². The van der Waals surface area contributed by atoms with Crippen molar-refractivity contribution in [3.63, 3.8) is 0 Å². The number of anilines is 1. The lowest BCUT2D eigenvalue weighted by atomic mass is 9.62. The molecule has 3 aromatic heterocycles. The van der Waals surface area contributed by atoms with Crippen LogP contribution >= 0.6 is 0 Å². The molecule has 0 amide bonds. The lowest BCUT2D eigenvalue weighted by molar-refractivity contribution is 0.0926. The predicted molar refractivity (Wildman–Crippen MR) is 110 cm³/mol. The molecule has 2 bridgehead atoms. The molecule has 3 aromatic rings. The number of aromatic amines is 1. The first-order chi connectivity index (χ1) is 14.1. The molecule has 2 N–H and O–H groups in total. The Morgan fingerprint density at radius 3 is 2.72 bits per heavy atom. The van der Waals surface area contributed by atoms with Crippen molar-refractivity contribution >= 4 is 22.5 Å². The highest BCUT2D eigenvalue weighted by molar-refractivity contribution is 5.96. The molecule has 0 saturated heterocycles. The normalized spacial score (nSPS) is 25.9. The van der Waals surface area contributed by atoms with Crippen LogP contribution in [-0.4, -0.2) is 26.0 Å². The van der Waals surface area contributed by atoms with E-state index >= 15 is 4.39 Å². The quantitative estimate of drug-likeness (QED) is 0.599. The Balaban J connectivity index is 1.61. The standard InChI is InChI=1S/C22H23FN6/c1-11-13-4-6-14(7-5-13)18(11)28-22-17(23)12(2)19(24-3)20(29-22)15-9-26-21-16(15)8-25-10-27-21/h8-11,13-14,18H,4-7H2,1-2H3,(H,28,29)(H,25,26,27)/t11-,13?,14?,18+/m1/s1. The zero-order valence-corrected chi connectivity index (χ0v) is 16.5. The number of halogens is 1. The van der Waals surface area contributed by atoms with Crippen LogP contribution in [0.5, 0.6) is 0 Å². The molecular weight excluding hydrogens is 367 g/mol. The molecule has 0 aliphatic heterocycles. The highest BCUT2D eigenvalue weighted by Crippen LogP contribution is 2.46. The van der Waals surface area contributed by atoms with Crippen molar-refractivity contribution in [2.45, 2.75) is 45.6 Å². The molecule has 3 aliphatic carbocycles. The van der Waals surface area contributed by atoms with Gasteiger partial charge in [0.05, 0.1) is 12.3 Å². The number of H-pyrrole nitrogens is 1. The Kier molecular flexibility index (Phi) is 4.23. The smallest absolute Gasteiger partial charge is 0.218 e. The Bertz CT molecular complexity index is 1120. The van der Waals surface area contributed by atoms with Gasteiger partial charge in [0, 0.05) is 29.4 Å². The number of hydrogen-bond donors (Lipinski definition) is 2. The minimum atomic E-state index is -0.426.